The van der Waals surface area contributed by atoms with Gasteiger partial charge in [0.2, 0.25) is 4.96 Å². The van der Waals surface area contributed by atoms with E-state index >= 15 is 0 Å². The Hall–Kier alpha value is -2.29. The molecule has 1 saturated heterocycles. The summed E-state index contributed by atoms with van der Waals surface area (Å²) in [5.41, 5.74) is 1.02. The van der Waals surface area contributed by atoms with Gasteiger partial charge in [-0.3, -0.25) is 4.90 Å². The maximum Gasteiger partial charge on any atom is 0.235 e. The molecule has 0 spiro atoms. The minimum absolute atomic E-state index is 0.740. The predicted octanol–water partition coefficient (Wildman–Crippen LogP) is 2.20. The Kier molecular flexibility index (Phi) is 4.73. The molecule has 2 aromatic heterocycles. The van der Waals surface area contributed by atoms with E-state index in [0.29, 0.717) is 0 Å². The lowest BCUT2D eigenvalue weighted by atomic mass is 10.2. The van der Waals surface area contributed by atoms with Crippen LogP contribution in [0.3, 0.4) is 0 Å². The maximum absolute atomic E-state index is 5.39. The minimum atomic E-state index is 0.740. The van der Waals surface area contributed by atoms with Crippen LogP contribution in [0.25, 0.3) is 17.1 Å². The topological polar surface area (TPSA) is 64.8 Å². The highest BCUT2D eigenvalue weighted by Crippen LogP contribution is 2.22. The van der Waals surface area contributed by atoms with Gasteiger partial charge < -0.3 is 9.47 Å². The average Bonchev–Trinajstić information content (AvgIpc) is 3.22. The molecular weight excluding hydrogens is 338 g/mol. The van der Waals surface area contributed by atoms with Gasteiger partial charge in [0, 0.05) is 18.7 Å². The van der Waals surface area contributed by atoms with Crippen LogP contribution in [0.2, 0.25) is 0 Å². The second-order valence-electron chi connectivity index (χ2n) is 5.71. The molecule has 7 nitrogen and oxygen atoms in total. The molecule has 0 saturated carbocycles. The van der Waals surface area contributed by atoms with Crippen molar-refractivity contribution in [1.29, 1.82) is 0 Å². The molecule has 0 bridgehead atoms. The Balaban J connectivity index is 1.54. The van der Waals surface area contributed by atoms with E-state index in [1.807, 2.05) is 40.9 Å². The number of nitrogens with zero attached hydrogens (tertiary/aromatic N) is 5. The number of para-hydroxylation sites is 1. The molecule has 4 rings (SSSR count). The first-order valence-electron chi connectivity index (χ1n) is 8.16. The largest absolute Gasteiger partial charge is 0.496 e. The normalized spacial score (nSPS) is 16.0. The van der Waals surface area contributed by atoms with Crippen LogP contribution in [-0.2, 0) is 11.3 Å². The summed E-state index contributed by atoms with van der Waals surface area (Å²) in [7, 11) is 1.67. The SMILES string of the molecule is COc1ccccc1/C=C/c1nn2c(CN3CCOCC3)nnc2s1. The monoisotopic (exact) mass is 357 g/mol. The van der Waals surface area contributed by atoms with Crippen molar-refractivity contribution in [3.05, 3.63) is 40.7 Å². The molecule has 0 radical (unpaired) electrons. The van der Waals surface area contributed by atoms with Crippen molar-refractivity contribution in [3.8, 4) is 5.75 Å². The van der Waals surface area contributed by atoms with Crippen LogP contribution in [0.5, 0.6) is 5.75 Å². The Morgan fingerprint density at radius 1 is 1.20 bits per heavy atom. The van der Waals surface area contributed by atoms with E-state index in [1.54, 1.807) is 7.11 Å². The number of methoxy groups -OCH3 is 1. The zero-order valence-electron chi connectivity index (χ0n) is 14.0. The molecule has 1 aromatic carbocycles. The summed E-state index contributed by atoms with van der Waals surface area (Å²) in [4.78, 5) is 3.12. The number of aromatic nitrogens is 4. The summed E-state index contributed by atoms with van der Waals surface area (Å²) in [5, 5.41) is 14.0. The van der Waals surface area contributed by atoms with Crippen molar-refractivity contribution in [2.45, 2.75) is 6.54 Å². The summed E-state index contributed by atoms with van der Waals surface area (Å²) in [6.45, 7) is 4.11. The molecule has 0 aliphatic carbocycles. The molecular formula is C17H19N5O2S. The second kappa shape index (κ2) is 7.30. The fourth-order valence-electron chi connectivity index (χ4n) is 2.76. The molecule has 0 amide bonds. The predicted molar refractivity (Wildman–Crippen MR) is 96.7 cm³/mol. The van der Waals surface area contributed by atoms with Gasteiger partial charge in [-0.2, -0.15) is 9.61 Å². The number of morpholine rings is 1. The Morgan fingerprint density at radius 3 is 2.88 bits per heavy atom. The number of ether oxygens (including phenoxy) is 2. The van der Waals surface area contributed by atoms with Crippen molar-refractivity contribution >= 4 is 28.4 Å². The third-order valence-electron chi connectivity index (χ3n) is 4.08. The van der Waals surface area contributed by atoms with Crippen LogP contribution < -0.4 is 4.74 Å². The van der Waals surface area contributed by atoms with E-state index in [-0.39, 0.29) is 0 Å². The van der Waals surface area contributed by atoms with Gasteiger partial charge >= 0.3 is 0 Å². The molecule has 0 N–H and O–H groups in total. The number of rotatable bonds is 5. The Morgan fingerprint density at radius 2 is 2.04 bits per heavy atom. The zero-order chi connectivity index (χ0) is 17.1. The van der Waals surface area contributed by atoms with Crippen LogP contribution in [0.4, 0.5) is 0 Å². The number of hydrogen-bond donors (Lipinski definition) is 0. The van der Waals surface area contributed by atoms with E-state index < -0.39 is 0 Å². The fraction of sp³-hybridized carbons (Fsp3) is 0.353. The lowest BCUT2D eigenvalue weighted by Crippen LogP contribution is -2.36. The number of hydrogen-bond acceptors (Lipinski definition) is 7. The van der Waals surface area contributed by atoms with Crippen molar-refractivity contribution in [3.63, 3.8) is 0 Å². The summed E-state index contributed by atoms with van der Waals surface area (Å²) in [6.07, 6.45) is 3.99. The van der Waals surface area contributed by atoms with Crippen molar-refractivity contribution in [2.24, 2.45) is 0 Å². The number of benzene rings is 1. The third-order valence-corrected chi connectivity index (χ3v) is 4.95. The first-order valence-corrected chi connectivity index (χ1v) is 8.97. The third kappa shape index (κ3) is 3.55. The highest BCUT2D eigenvalue weighted by Gasteiger charge is 2.16. The first kappa shape index (κ1) is 16.2. The van der Waals surface area contributed by atoms with Gasteiger partial charge in [0.05, 0.1) is 26.9 Å². The highest BCUT2D eigenvalue weighted by molar-refractivity contribution is 7.17. The smallest absolute Gasteiger partial charge is 0.235 e. The van der Waals surface area contributed by atoms with Gasteiger partial charge in [-0.25, -0.2) is 0 Å². The van der Waals surface area contributed by atoms with E-state index in [0.717, 1.165) is 60.0 Å². The summed E-state index contributed by atoms with van der Waals surface area (Å²) in [6, 6.07) is 7.90. The summed E-state index contributed by atoms with van der Waals surface area (Å²) < 4.78 is 12.6. The number of fused-ring (bicyclic) bond motifs is 1. The Labute approximate surface area is 149 Å². The van der Waals surface area contributed by atoms with Gasteiger partial charge in [0.25, 0.3) is 0 Å². The van der Waals surface area contributed by atoms with E-state index in [2.05, 4.69) is 20.2 Å². The molecule has 1 aliphatic rings. The summed E-state index contributed by atoms with van der Waals surface area (Å²) in [5.74, 6) is 1.71. The quantitative estimate of drug-likeness (QED) is 0.697. The minimum Gasteiger partial charge on any atom is -0.496 e. The van der Waals surface area contributed by atoms with Crippen molar-refractivity contribution in [1.82, 2.24) is 24.7 Å². The lowest BCUT2D eigenvalue weighted by molar-refractivity contribution is 0.0328. The average molecular weight is 357 g/mol. The molecule has 0 atom stereocenters. The standard InChI is InChI=1S/C17H19N5O2S/c1-23-14-5-3-2-4-13(14)6-7-16-20-22-15(18-19-17(22)25-16)12-21-8-10-24-11-9-21/h2-7H,8-12H2,1H3/b7-6+. The van der Waals surface area contributed by atoms with Crippen LogP contribution in [0.15, 0.2) is 24.3 Å². The van der Waals surface area contributed by atoms with E-state index in [1.165, 1.54) is 11.3 Å². The fourth-order valence-corrected chi connectivity index (χ4v) is 3.52. The molecule has 25 heavy (non-hydrogen) atoms. The molecule has 8 heteroatoms. The highest BCUT2D eigenvalue weighted by atomic mass is 32.1. The van der Waals surface area contributed by atoms with Crippen LogP contribution in [0.1, 0.15) is 16.4 Å². The molecule has 3 aromatic rings. The molecule has 1 fully saturated rings. The molecule has 3 heterocycles. The lowest BCUT2D eigenvalue weighted by Gasteiger charge is -2.25. The summed E-state index contributed by atoms with van der Waals surface area (Å²) >= 11 is 1.52. The second-order valence-corrected chi connectivity index (χ2v) is 6.70. The van der Waals surface area contributed by atoms with Crippen LogP contribution in [-0.4, -0.2) is 58.1 Å². The van der Waals surface area contributed by atoms with Gasteiger partial charge in [0.1, 0.15) is 10.8 Å². The zero-order valence-corrected chi connectivity index (χ0v) is 14.8. The van der Waals surface area contributed by atoms with Gasteiger partial charge in [-0.05, 0) is 18.2 Å². The van der Waals surface area contributed by atoms with Crippen LogP contribution in [0, 0.1) is 0 Å². The van der Waals surface area contributed by atoms with Crippen LogP contribution >= 0.6 is 11.3 Å². The molecule has 130 valence electrons. The van der Waals surface area contributed by atoms with Gasteiger partial charge in [-0.15, -0.1) is 10.2 Å². The maximum atomic E-state index is 5.39. The van der Waals surface area contributed by atoms with Gasteiger partial charge in [-0.1, -0.05) is 29.5 Å². The van der Waals surface area contributed by atoms with Gasteiger partial charge in [0.15, 0.2) is 5.82 Å². The van der Waals surface area contributed by atoms with Crippen molar-refractivity contribution in [2.75, 3.05) is 33.4 Å². The Bertz CT molecular complexity index is 882. The van der Waals surface area contributed by atoms with E-state index in [9.17, 15) is 0 Å². The van der Waals surface area contributed by atoms with Crippen molar-refractivity contribution < 1.29 is 9.47 Å². The molecule has 0 unspecified atom stereocenters. The van der Waals surface area contributed by atoms with E-state index in [4.69, 9.17) is 9.47 Å². The first-order chi connectivity index (χ1) is 12.3. The molecule has 1 aliphatic heterocycles.